The van der Waals surface area contributed by atoms with Gasteiger partial charge in [0, 0.05) is 0 Å². The molecule has 0 fully saturated rings. The van der Waals surface area contributed by atoms with Gasteiger partial charge < -0.3 is 0 Å². The van der Waals surface area contributed by atoms with Crippen molar-refractivity contribution < 1.29 is 14.4 Å². The molecule has 1 aliphatic rings. The summed E-state index contributed by atoms with van der Waals surface area (Å²) in [4.78, 5) is 29.2. The zero-order valence-electron chi connectivity index (χ0n) is 9.67. The van der Waals surface area contributed by atoms with Crippen molar-refractivity contribution in [2.24, 2.45) is 0 Å². The Labute approximate surface area is 104 Å². The topological polar surface area (TPSA) is 46.6 Å². The van der Waals surface area contributed by atoms with Gasteiger partial charge in [0.15, 0.2) is 0 Å². The minimum Gasteiger partial charge on any atom is -0.266 e. The number of hydrogen-bond donors (Lipinski definition) is 0. The normalized spacial score (nSPS) is 16.2. The van der Waals surface area contributed by atoms with Gasteiger partial charge in [-0.3, -0.25) is 9.59 Å². The molecule has 0 aromatic heterocycles. The van der Waals surface area contributed by atoms with E-state index >= 15 is 0 Å². The molecule has 0 saturated heterocycles. The highest BCUT2D eigenvalue weighted by Gasteiger charge is 2.37. The second-order valence-electron chi connectivity index (χ2n) is 3.58. The van der Waals surface area contributed by atoms with Gasteiger partial charge >= 0.3 is 0 Å². The third-order valence-electron chi connectivity index (χ3n) is 2.41. The summed E-state index contributed by atoms with van der Waals surface area (Å²) >= 11 is 1.53. The van der Waals surface area contributed by atoms with Crippen LogP contribution in [0.5, 0.6) is 0 Å². The molecule has 5 heteroatoms. The van der Waals surface area contributed by atoms with Gasteiger partial charge in [0.05, 0.1) is 11.1 Å². The molecule has 90 valence electrons. The molecule has 0 radical (unpaired) electrons. The molecule has 0 aliphatic carbocycles. The molecule has 1 atom stereocenters. The van der Waals surface area contributed by atoms with E-state index in [1.54, 1.807) is 24.3 Å². The van der Waals surface area contributed by atoms with Crippen LogP contribution in [-0.2, 0) is 4.84 Å². The smallest absolute Gasteiger partial charge is 0.266 e. The Hall–Kier alpha value is -1.33. The van der Waals surface area contributed by atoms with E-state index in [1.165, 1.54) is 11.8 Å². The maximum atomic E-state index is 11.9. The Bertz CT molecular complexity index is 426. The number of carbonyl (C=O) groups is 2. The van der Waals surface area contributed by atoms with Gasteiger partial charge in [-0.25, -0.2) is 4.84 Å². The molecular formula is C12H13NO3S. The van der Waals surface area contributed by atoms with Crippen LogP contribution in [0.1, 0.15) is 34.6 Å². The molecule has 0 saturated carbocycles. The minimum absolute atomic E-state index is 0.220. The molecule has 17 heavy (non-hydrogen) atoms. The van der Waals surface area contributed by atoms with Crippen LogP contribution in [0.4, 0.5) is 0 Å². The first-order chi connectivity index (χ1) is 8.15. The lowest BCUT2D eigenvalue weighted by Crippen LogP contribution is -2.32. The van der Waals surface area contributed by atoms with Crippen LogP contribution in [0, 0.1) is 0 Å². The Morgan fingerprint density at radius 3 is 2.24 bits per heavy atom. The second-order valence-corrected chi connectivity index (χ2v) is 5.15. The lowest BCUT2D eigenvalue weighted by Gasteiger charge is -2.18. The number of fused-ring (bicyclic) bond motifs is 1. The number of nitrogens with zero attached hydrogens (tertiary/aromatic N) is 1. The first-order valence-electron chi connectivity index (χ1n) is 5.41. The zero-order valence-corrected chi connectivity index (χ0v) is 10.5. The van der Waals surface area contributed by atoms with E-state index < -0.39 is 0 Å². The van der Waals surface area contributed by atoms with Crippen molar-refractivity contribution >= 4 is 23.6 Å². The Kier molecular flexibility index (Phi) is 3.49. The average Bonchev–Trinajstić information content (AvgIpc) is 2.56. The first-order valence-corrected chi connectivity index (χ1v) is 6.46. The fraction of sp³-hybridized carbons (Fsp3) is 0.333. The van der Waals surface area contributed by atoms with Crippen molar-refractivity contribution in [2.45, 2.75) is 19.3 Å². The quantitative estimate of drug-likeness (QED) is 0.608. The summed E-state index contributed by atoms with van der Waals surface area (Å²) in [6, 6.07) is 6.74. The summed E-state index contributed by atoms with van der Waals surface area (Å²) < 4.78 is 0. The van der Waals surface area contributed by atoms with Crippen LogP contribution in [0.2, 0.25) is 0 Å². The third kappa shape index (κ3) is 2.21. The summed E-state index contributed by atoms with van der Waals surface area (Å²) in [6.07, 6.45) is 0. The molecule has 1 aliphatic heterocycles. The summed E-state index contributed by atoms with van der Waals surface area (Å²) in [6.45, 7) is 3.81. The molecule has 1 unspecified atom stereocenters. The van der Waals surface area contributed by atoms with Crippen LogP contribution >= 0.6 is 11.8 Å². The van der Waals surface area contributed by atoms with Crippen LogP contribution in [0.3, 0.4) is 0 Å². The highest BCUT2D eigenvalue weighted by molar-refractivity contribution is 7.99. The summed E-state index contributed by atoms with van der Waals surface area (Å²) in [5.74, 6) is 0.105. The standard InChI is InChI=1S/C12H13NO3S/c1-3-17-8(2)16-13-11(14)9-6-4-5-7-10(9)12(13)15/h4-8H,3H2,1-2H3. The molecule has 0 N–H and O–H groups in total. The van der Waals surface area contributed by atoms with E-state index in [1.807, 2.05) is 13.8 Å². The second kappa shape index (κ2) is 4.89. The monoisotopic (exact) mass is 251 g/mol. The molecule has 1 heterocycles. The van der Waals surface area contributed by atoms with Gasteiger partial charge in [-0.05, 0) is 24.8 Å². The van der Waals surface area contributed by atoms with Crippen LogP contribution in [0.25, 0.3) is 0 Å². The number of rotatable bonds is 4. The predicted molar refractivity (Wildman–Crippen MR) is 65.6 cm³/mol. The maximum absolute atomic E-state index is 11.9. The molecular weight excluding hydrogens is 238 g/mol. The van der Waals surface area contributed by atoms with Gasteiger partial charge in [-0.1, -0.05) is 19.1 Å². The number of thioether (sulfide) groups is 1. The number of hydrogen-bond acceptors (Lipinski definition) is 4. The van der Waals surface area contributed by atoms with Gasteiger partial charge in [0.1, 0.15) is 5.44 Å². The zero-order chi connectivity index (χ0) is 12.4. The molecule has 1 aromatic carbocycles. The SMILES string of the molecule is CCSC(C)ON1C(=O)c2ccccc2C1=O. The average molecular weight is 251 g/mol. The summed E-state index contributed by atoms with van der Waals surface area (Å²) in [5, 5.41) is 0.859. The number of hydroxylamine groups is 2. The van der Waals surface area contributed by atoms with E-state index in [9.17, 15) is 9.59 Å². The van der Waals surface area contributed by atoms with E-state index in [-0.39, 0.29) is 17.3 Å². The van der Waals surface area contributed by atoms with Crippen molar-refractivity contribution in [1.82, 2.24) is 5.06 Å². The molecule has 0 bridgehead atoms. The van der Waals surface area contributed by atoms with Gasteiger partial charge in [0.25, 0.3) is 11.8 Å². The van der Waals surface area contributed by atoms with E-state index in [4.69, 9.17) is 4.84 Å². The Balaban J connectivity index is 2.19. The number of benzene rings is 1. The molecule has 1 aromatic rings. The molecule has 4 nitrogen and oxygen atoms in total. The highest BCUT2D eigenvalue weighted by atomic mass is 32.2. The number of carbonyl (C=O) groups excluding carboxylic acids is 2. The molecule has 2 amide bonds. The minimum atomic E-state index is -0.380. The van der Waals surface area contributed by atoms with Crippen molar-refractivity contribution in [3.63, 3.8) is 0 Å². The van der Waals surface area contributed by atoms with Gasteiger partial charge in [-0.15, -0.1) is 16.8 Å². The lowest BCUT2D eigenvalue weighted by molar-refractivity contribution is -0.0979. The van der Waals surface area contributed by atoms with E-state index in [2.05, 4.69) is 0 Å². The Morgan fingerprint density at radius 2 is 1.76 bits per heavy atom. The molecule has 0 spiro atoms. The van der Waals surface area contributed by atoms with Crippen molar-refractivity contribution in [3.8, 4) is 0 Å². The van der Waals surface area contributed by atoms with Gasteiger partial charge in [0.2, 0.25) is 0 Å². The fourth-order valence-corrected chi connectivity index (χ4v) is 2.29. The number of imide groups is 1. The van der Waals surface area contributed by atoms with Crippen molar-refractivity contribution in [2.75, 3.05) is 5.75 Å². The fourth-order valence-electron chi connectivity index (χ4n) is 1.68. The van der Waals surface area contributed by atoms with Crippen LogP contribution in [-0.4, -0.2) is 28.1 Å². The summed E-state index contributed by atoms with van der Waals surface area (Å²) in [7, 11) is 0. The van der Waals surface area contributed by atoms with E-state index in [0.717, 1.165) is 10.8 Å². The largest absolute Gasteiger partial charge is 0.285 e. The maximum Gasteiger partial charge on any atom is 0.285 e. The Morgan fingerprint density at radius 1 is 1.24 bits per heavy atom. The van der Waals surface area contributed by atoms with Crippen LogP contribution in [0.15, 0.2) is 24.3 Å². The lowest BCUT2D eigenvalue weighted by atomic mass is 10.1. The van der Waals surface area contributed by atoms with Gasteiger partial charge in [-0.2, -0.15) is 0 Å². The first kappa shape index (κ1) is 12.1. The van der Waals surface area contributed by atoms with Crippen molar-refractivity contribution in [1.29, 1.82) is 0 Å². The predicted octanol–water partition coefficient (Wildman–Crippen LogP) is 2.31. The van der Waals surface area contributed by atoms with E-state index in [0.29, 0.717) is 11.1 Å². The van der Waals surface area contributed by atoms with Crippen molar-refractivity contribution in [3.05, 3.63) is 35.4 Å². The van der Waals surface area contributed by atoms with Crippen LogP contribution < -0.4 is 0 Å². The highest BCUT2D eigenvalue weighted by Crippen LogP contribution is 2.25. The summed E-state index contributed by atoms with van der Waals surface area (Å²) in [5.41, 5.74) is 0.597. The third-order valence-corrected chi connectivity index (χ3v) is 3.30. The molecule has 2 rings (SSSR count). The number of amides is 2.